The standard InChI is InChI=1S/3C9H21O3P.ClH.Rh/c3*1-7(2)10-13(11-8(3)4)12-9(5)6;;/h3*7-9H,1-6H3;1H;/q;;;;+1/p-1. The summed E-state index contributed by atoms with van der Waals surface area (Å²) in [6.45, 7) is 35.5. The van der Waals surface area contributed by atoms with Crippen LogP contribution in [0.5, 0.6) is 0 Å². The fraction of sp³-hybridized carbons (Fsp3) is 1.00. The van der Waals surface area contributed by atoms with Gasteiger partial charge in [0.2, 0.25) is 0 Å². The molecule has 0 aromatic rings. The molecule has 0 aromatic carbocycles. The first-order valence-electron chi connectivity index (χ1n) is 14.3. The van der Waals surface area contributed by atoms with E-state index in [1.807, 2.05) is 142 Å². The van der Waals surface area contributed by atoms with E-state index in [-0.39, 0.29) is 54.9 Å². The van der Waals surface area contributed by atoms with Crippen LogP contribution in [0.2, 0.25) is 0 Å². The molecule has 0 atom stereocenters. The van der Waals surface area contributed by atoms with Crippen molar-refractivity contribution < 1.29 is 58.0 Å². The summed E-state index contributed by atoms with van der Waals surface area (Å²) in [5, 5.41) is 0. The van der Waals surface area contributed by atoms with Gasteiger partial charge in [-0.15, -0.1) is 0 Å². The Bertz CT molecular complexity index is 392. The Hall–Kier alpha value is 1.84. The van der Waals surface area contributed by atoms with Crippen LogP contribution in [-0.2, 0) is 58.0 Å². The molecule has 0 aliphatic heterocycles. The molecule has 0 aliphatic carbocycles. The van der Waals surface area contributed by atoms with Gasteiger partial charge >= 0.3 is 52.8 Å². The van der Waals surface area contributed by atoms with Crippen LogP contribution in [0.25, 0.3) is 0 Å². The molecule has 0 unspecified atom stereocenters. The van der Waals surface area contributed by atoms with Crippen LogP contribution in [0.1, 0.15) is 125 Å². The SMILES string of the molecule is CC(C)OP(OC(C)C)OC(C)C.CC(C)OP(OC(C)C)OC(C)C.CC(C)OP(OC(C)C)OC(C)C.[Cl][Rh]. The normalized spacial score (nSPS) is 12.0. The van der Waals surface area contributed by atoms with Gasteiger partial charge in [0.15, 0.2) is 0 Å². The molecule has 0 heterocycles. The van der Waals surface area contributed by atoms with Crippen molar-refractivity contribution in [3.8, 4) is 0 Å². The van der Waals surface area contributed by atoms with Crippen LogP contribution in [0.3, 0.4) is 0 Å². The van der Waals surface area contributed by atoms with Gasteiger partial charge in [-0.25, -0.2) is 0 Å². The number of halogens is 1. The van der Waals surface area contributed by atoms with Crippen molar-refractivity contribution in [3.05, 3.63) is 0 Å². The number of hydrogen-bond donors (Lipinski definition) is 0. The third kappa shape index (κ3) is 46.4. The quantitative estimate of drug-likeness (QED) is 0.100. The van der Waals surface area contributed by atoms with Crippen LogP contribution in [0, 0.1) is 0 Å². The Labute approximate surface area is 272 Å². The van der Waals surface area contributed by atoms with Crippen LogP contribution >= 0.6 is 35.5 Å². The number of rotatable bonds is 18. The van der Waals surface area contributed by atoms with E-state index in [4.69, 9.17) is 40.7 Å². The van der Waals surface area contributed by atoms with Gasteiger partial charge in [-0.05, 0) is 125 Å². The van der Waals surface area contributed by atoms with E-state index in [0.717, 1.165) is 0 Å². The third-order valence-electron chi connectivity index (χ3n) is 2.67. The average molecular weight is 763 g/mol. The molecule has 14 heteroatoms. The van der Waals surface area contributed by atoms with Crippen LogP contribution in [-0.4, -0.2) is 54.9 Å². The Morgan fingerprint density at radius 3 is 0.390 bits per heavy atom. The van der Waals surface area contributed by atoms with Crippen LogP contribution in [0.4, 0.5) is 0 Å². The second kappa shape index (κ2) is 31.8. The van der Waals surface area contributed by atoms with Crippen molar-refractivity contribution in [2.24, 2.45) is 0 Å². The molecule has 0 rings (SSSR count). The molecule has 0 spiro atoms. The Kier molecular flexibility index (Phi) is 38.6. The molecule has 0 radical (unpaired) electrons. The van der Waals surface area contributed by atoms with Crippen molar-refractivity contribution in [1.82, 2.24) is 0 Å². The predicted molar refractivity (Wildman–Crippen MR) is 173 cm³/mol. The molecule has 41 heavy (non-hydrogen) atoms. The summed E-state index contributed by atoms with van der Waals surface area (Å²) < 4.78 is 49.4. The van der Waals surface area contributed by atoms with Gasteiger partial charge in [0, 0.05) is 0 Å². The molecule has 0 N–H and O–H groups in total. The average Bonchev–Trinajstić information content (AvgIpc) is 2.71. The maximum absolute atomic E-state index is 5.49. The van der Waals surface area contributed by atoms with E-state index in [1.165, 1.54) is 0 Å². The summed E-state index contributed by atoms with van der Waals surface area (Å²) in [6, 6.07) is 0. The molecular weight excluding hydrogens is 700 g/mol. The zero-order chi connectivity index (χ0) is 33.3. The van der Waals surface area contributed by atoms with Crippen LogP contribution < -0.4 is 0 Å². The maximum atomic E-state index is 5.49. The minimum atomic E-state index is -1.18. The molecule has 9 nitrogen and oxygen atoms in total. The van der Waals surface area contributed by atoms with E-state index in [0.29, 0.717) is 0 Å². The summed E-state index contributed by atoms with van der Waals surface area (Å²) in [7, 11) is 0.992. The van der Waals surface area contributed by atoms with E-state index >= 15 is 0 Å². The van der Waals surface area contributed by atoms with Gasteiger partial charge in [-0.3, -0.25) is 0 Å². The first-order chi connectivity index (χ1) is 18.7. The second-order valence-corrected chi connectivity index (χ2v) is 14.3. The molecule has 0 saturated carbocycles. The minimum absolute atomic E-state index is 0.142. The zero-order valence-electron chi connectivity index (χ0n) is 28.9. The zero-order valence-corrected chi connectivity index (χ0v) is 34.0. The van der Waals surface area contributed by atoms with Crippen molar-refractivity contribution >= 4 is 35.5 Å². The summed E-state index contributed by atoms with van der Waals surface area (Å²) in [5.41, 5.74) is 0. The van der Waals surface area contributed by atoms with Gasteiger partial charge in [0.25, 0.3) is 0 Å². The molecule has 0 aromatic heterocycles. The van der Waals surface area contributed by atoms with Crippen molar-refractivity contribution in [1.29, 1.82) is 0 Å². The first kappa shape index (κ1) is 49.7. The van der Waals surface area contributed by atoms with E-state index in [9.17, 15) is 0 Å². The van der Waals surface area contributed by atoms with Crippen LogP contribution in [0.15, 0.2) is 0 Å². The van der Waals surface area contributed by atoms with Gasteiger partial charge in [0.05, 0.1) is 54.9 Å². The van der Waals surface area contributed by atoms with Crippen molar-refractivity contribution in [3.63, 3.8) is 0 Å². The van der Waals surface area contributed by atoms with Crippen molar-refractivity contribution in [2.45, 2.75) is 180 Å². The van der Waals surface area contributed by atoms with E-state index < -0.39 is 25.8 Å². The molecule has 0 saturated heterocycles. The molecule has 0 bridgehead atoms. The molecule has 0 amide bonds. The first-order valence-corrected chi connectivity index (χ1v) is 19.7. The fourth-order valence-corrected chi connectivity index (χ4v) is 5.32. The van der Waals surface area contributed by atoms with Gasteiger partial charge in [0.1, 0.15) is 0 Å². The summed E-state index contributed by atoms with van der Waals surface area (Å²) in [4.78, 5) is 0. The Balaban J connectivity index is -0.000000243. The summed E-state index contributed by atoms with van der Waals surface area (Å²) in [5.74, 6) is 0. The van der Waals surface area contributed by atoms with Gasteiger partial charge in [-0.1, -0.05) is 0 Å². The molecular formula is C27H63ClO9P3Rh. The van der Waals surface area contributed by atoms with E-state index in [1.54, 1.807) is 0 Å². The van der Waals surface area contributed by atoms with Crippen molar-refractivity contribution in [2.75, 3.05) is 0 Å². The fourth-order valence-electron chi connectivity index (χ4n) is 1.77. The molecule has 0 fully saturated rings. The predicted octanol–water partition coefficient (Wildman–Crippen LogP) is 11.2. The second-order valence-electron chi connectivity index (χ2n) is 11.1. The monoisotopic (exact) mass is 762 g/mol. The Morgan fingerprint density at radius 2 is 0.341 bits per heavy atom. The van der Waals surface area contributed by atoms with Gasteiger partial charge < -0.3 is 40.7 Å². The molecule has 0 aliphatic rings. The topological polar surface area (TPSA) is 83.1 Å². The van der Waals surface area contributed by atoms with Gasteiger partial charge in [-0.2, -0.15) is 0 Å². The third-order valence-corrected chi connectivity index (χ3v) is 8.02. The summed E-state index contributed by atoms with van der Waals surface area (Å²) >= 11 is 2.02. The summed E-state index contributed by atoms with van der Waals surface area (Å²) in [6.07, 6.45) is 1.28. The van der Waals surface area contributed by atoms with E-state index in [2.05, 4.69) is 9.69 Å². The Morgan fingerprint density at radius 1 is 0.268 bits per heavy atom. The molecule has 256 valence electrons. The number of hydrogen-bond acceptors (Lipinski definition) is 9.